The van der Waals surface area contributed by atoms with Crippen LogP contribution in [-0.4, -0.2) is 17.7 Å². The zero-order valence-corrected chi connectivity index (χ0v) is 42.4. The van der Waals surface area contributed by atoms with E-state index in [1.165, 1.54) is 121 Å². The molecule has 6 aromatic rings. The Bertz CT molecular complexity index is 1920. The third kappa shape index (κ3) is 15.5. The van der Waals surface area contributed by atoms with Crippen molar-refractivity contribution in [2.24, 2.45) is 0 Å². The number of halogens is 2. The zero-order valence-electron chi connectivity index (χ0n) is 36.3. The van der Waals surface area contributed by atoms with Crippen LogP contribution in [0.25, 0.3) is 43.8 Å². The fourth-order valence-corrected chi connectivity index (χ4v) is 9.43. The molecule has 0 aromatic heterocycles. The monoisotopic (exact) mass is 972 g/mol. The number of unbranched alkanes of at least 4 members (excludes halogenated alkanes) is 3. The SMILES string of the molecule is C[Si](=[Hf+2])CCCCCCOC(C)(C)C.Cc1cc(C(C)(C)C)ccc1-c1cc2ccccc2[cH-]1.Cc1cc(C(C)(C)C)ccc1-c1cc2ccccc2[cH-]1.[Cl-].[Cl-]. The van der Waals surface area contributed by atoms with Gasteiger partial charge in [-0.25, -0.2) is 0 Å². The smallest absolute Gasteiger partial charge is 0.0132 e. The van der Waals surface area contributed by atoms with E-state index in [1.807, 2.05) is 0 Å². The van der Waals surface area contributed by atoms with Gasteiger partial charge in [0.15, 0.2) is 0 Å². The van der Waals surface area contributed by atoms with E-state index in [9.17, 15) is 0 Å². The van der Waals surface area contributed by atoms with Gasteiger partial charge in [0.05, 0.1) is 0 Å². The fraction of sp³-hybridized carbons (Fsp3) is 0.412. The average Bonchev–Trinajstić information content (AvgIpc) is 3.71. The summed E-state index contributed by atoms with van der Waals surface area (Å²) in [5.41, 5.74) is 11.5. The van der Waals surface area contributed by atoms with Crippen molar-refractivity contribution < 1.29 is 52.6 Å². The second-order valence-corrected chi connectivity index (χ2v) is 29.5. The molecule has 0 spiro atoms. The maximum Gasteiger partial charge on any atom is -0.0132 e. The van der Waals surface area contributed by atoms with Crippen LogP contribution in [0, 0.1) is 13.8 Å². The minimum Gasteiger partial charge on any atom is -1.00 e. The molecule has 0 radical (unpaired) electrons. The van der Waals surface area contributed by atoms with Crippen LogP contribution in [-0.2, 0) is 38.6 Å². The molecular weight excluding hydrogens is 906 g/mol. The summed E-state index contributed by atoms with van der Waals surface area (Å²) < 4.78 is 5.67. The zero-order chi connectivity index (χ0) is 39.7. The molecule has 0 amide bonds. The number of rotatable bonds is 9. The van der Waals surface area contributed by atoms with Crippen molar-refractivity contribution in [3.8, 4) is 22.3 Å². The topological polar surface area (TPSA) is 9.23 Å². The third-order valence-corrected chi connectivity index (χ3v) is 13.8. The van der Waals surface area contributed by atoms with Crippen LogP contribution < -0.4 is 24.8 Å². The van der Waals surface area contributed by atoms with Crippen LogP contribution >= 0.6 is 0 Å². The first-order chi connectivity index (χ1) is 25.3. The minimum absolute atomic E-state index is 0. The summed E-state index contributed by atoms with van der Waals surface area (Å²) in [5.74, 6) is 0. The number of fused-ring (bicyclic) bond motifs is 2. The van der Waals surface area contributed by atoms with Gasteiger partial charge >= 0.3 is 104 Å². The summed E-state index contributed by atoms with van der Waals surface area (Å²) in [6, 6.07) is 41.5. The van der Waals surface area contributed by atoms with Crippen molar-refractivity contribution in [1.29, 1.82) is 0 Å². The Morgan fingerprint density at radius 1 is 0.554 bits per heavy atom. The maximum absolute atomic E-state index is 5.67. The summed E-state index contributed by atoms with van der Waals surface area (Å²) in [4.78, 5) is 0. The van der Waals surface area contributed by atoms with E-state index in [4.69, 9.17) is 4.74 Å². The Balaban J connectivity index is 0.000000291. The number of hydrogen-bond donors (Lipinski definition) is 0. The first kappa shape index (κ1) is 49.9. The molecule has 0 heterocycles. The van der Waals surface area contributed by atoms with E-state index < -0.39 is 0 Å². The van der Waals surface area contributed by atoms with E-state index in [1.54, 1.807) is 0 Å². The van der Waals surface area contributed by atoms with Gasteiger partial charge in [0.1, 0.15) is 0 Å². The van der Waals surface area contributed by atoms with Gasteiger partial charge in [-0.2, -0.15) is 0 Å². The van der Waals surface area contributed by atoms with Crippen LogP contribution in [0.5, 0.6) is 0 Å². The summed E-state index contributed by atoms with van der Waals surface area (Å²) in [5, 5.41) is 5.28. The van der Waals surface area contributed by atoms with Crippen molar-refractivity contribution >= 4 is 27.0 Å². The van der Waals surface area contributed by atoms with Crippen LogP contribution in [0.2, 0.25) is 12.6 Å². The number of aryl methyl sites for hydroxylation is 2. The van der Waals surface area contributed by atoms with Crippen molar-refractivity contribution in [1.82, 2.24) is 0 Å². The molecule has 0 aliphatic heterocycles. The van der Waals surface area contributed by atoms with E-state index in [0.29, 0.717) is 0 Å². The summed E-state index contributed by atoms with van der Waals surface area (Å²) in [6.07, 6.45) is 5.47. The van der Waals surface area contributed by atoms with E-state index in [0.717, 1.165) is 6.61 Å². The largest absolute Gasteiger partial charge is 1.00 e. The summed E-state index contributed by atoms with van der Waals surface area (Å²) >= 11 is 1.46. The van der Waals surface area contributed by atoms with Gasteiger partial charge in [-0.1, -0.05) is 137 Å². The molecule has 0 N–H and O–H groups in total. The molecule has 0 saturated heterocycles. The second-order valence-electron chi connectivity index (χ2n) is 18.2. The van der Waals surface area contributed by atoms with Crippen molar-refractivity contribution in [3.63, 3.8) is 0 Å². The van der Waals surface area contributed by atoms with Gasteiger partial charge in [0, 0.05) is 0 Å². The molecule has 0 unspecified atom stereocenters. The van der Waals surface area contributed by atoms with Crippen LogP contribution in [0.1, 0.15) is 110 Å². The van der Waals surface area contributed by atoms with E-state index in [2.05, 4.69) is 192 Å². The van der Waals surface area contributed by atoms with Crippen LogP contribution in [0.3, 0.4) is 0 Å². The molecule has 6 aromatic carbocycles. The second kappa shape index (κ2) is 22.2. The Morgan fingerprint density at radius 3 is 1.32 bits per heavy atom. The molecule has 0 saturated carbocycles. The van der Waals surface area contributed by atoms with Crippen LogP contribution in [0.15, 0.2) is 109 Å². The van der Waals surface area contributed by atoms with Gasteiger partial charge in [-0.3, -0.25) is 0 Å². The van der Waals surface area contributed by atoms with Crippen molar-refractivity contribution in [3.05, 3.63) is 131 Å². The molecule has 56 heavy (non-hydrogen) atoms. The van der Waals surface area contributed by atoms with E-state index in [-0.39, 0.29) is 46.7 Å². The predicted molar refractivity (Wildman–Crippen MR) is 237 cm³/mol. The van der Waals surface area contributed by atoms with Crippen molar-refractivity contribution in [2.75, 3.05) is 6.61 Å². The van der Waals surface area contributed by atoms with Gasteiger partial charge in [0.2, 0.25) is 0 Å². The summed E-state index contributed by atoms with van der Waals surface area (Å²) in [7, 11) is 0. The molecule has 0 atom stereocenters. The van der Waals surface area contributed by atoms with Crippen LogP contribution in [0.4, 0.5) is 0 Å². The van der Waals surface area contributed by atoms with Gasteiger partial charge in [-0.05, 0) is 35.8 Å². The predicted octanol–water partition coefficient (Wildman–Crippen LogP) is 9.20. The van der Waals surface area contributed by atoms with Gasteiger partial charge < -0.3 is 24.8 Å². The van der Waals surface area contributed by atoms with E-state index >= 15 is 0 Å². The number of ether oxygens (including phenoxy) is 1. The molecule has 0 fully saturated rings. The Kier molecular flexibility index (Phi) is 19.8. The normalized spacial score (nSPS) is 11.5. The molecule has 1 nitrogen and oxygen atoms in total. The number of hydrogen-bond acceptors (Lipinski definition) is 1. The quantitative estimate of drug-likeness (QED) is 0.0799. The molecule has 6 rings (SSSR count). The van der Waals surface area contributed by atoms with Gasteiger partial charge in [0.25, 0.3) is 0 Å². The summed E-state index contributed by atoms with van der Waals surface area (Å²) in [6.45, 7) is 27.8. The first-order valence-electron chi connectivity index (χ1n) is 20.0. The molecule has 300 valence electrons. The first-order valence-corrected chi connectivity index (χ1v) is 27.6. The third-order valence-electron chi connectivity index (χ3n) is 10.0. The standard InChI is InChI=1S/2C20H21.C11H24OSi.2ClH.Hf/c2*1-14-11-18(20(2,3)4)9-10-19(14)17-12-15-7-5-6-8-16(15)13-17;1-11(2,3)12-9-7-5-6-8-10-13-4;;;/h2*5-13H,1-4H3;5-10H2,1-4H3;2*1H;/q2*-1;;;;+2/p-2. The Morgan fingerprint density at radius 2 is 0.964 bits per heavy atom. The Hall–Kier alpha value is -2.27. The number of benzene rings is 4. The Labute approximate surface area is 368 Å². The molecule has 0 aliphatic carbocycles. The fourth-order valence-electron chi connectivity index (χ4n) is 6.74. The molecule has 0 bridgehead atoms. The average molecular weight is 973 g/mol. The molecular formula is C51H66Cl2HfOSi-2. The van der Waals surface area contributed by atoms with Crippen molar-refractivity contribution in [2.45, 2.75) is 131 Å². The minimum atomic E-state index is 0. The van der Waals surface area contributed by atoms with Gasteiger partial charge in [-0.15, -0.1) is 69.1 Å². The molecule has 5 heteroatoms. The molecule has 0 aliphatic rings. The maximum atomic E-state index is 5.67.